The van der Waals surface area contributed by atoms with E-state index in [1.165, 1.54) is 4.90 Å². The molecule has 17 N–H and O–H groups in total. The minimum absolute atomic E-state index is 0.0526. The first-order valence-corrected chi connectivity index (χ1v) is 20.8. The number of aliphatic hydroxyl groups is 10. The molecular formula is C41H61ClN8O13. The molecule has 0 aliphatic carbocycles. The van der Waals surface area contributed by atoms with Crippen LogP contribution < -0.4 is 22.1 Å². The van der Waals surface area contributed by atoms with Crippen molar-refractivity contribution < 1.29 is 65.4 Å². The van der Waals surface area contributed by atoms with E-state index in [-0.39, 0.29) is 61.1 Å². The van der Waals surface area contributed by atoms with Gasteiger partial charge in [-0.2, -0.15) is 0 Å². The van der Waals surface area contributed by atoms with Gasteiger partial charge in [0, 0.05) is 26.1 Å². The molecule has 22 heteroatoms. The number of carbonyl (C=O) groups excluding carboxylic acids is 2. The average Bonchev–Trinajstić information content (AvgIpc) is 3.27. The van der Waals surface area contributed by atoms with Crippen LogP contribution in [0.15, 0.2) is 48.5 Å². The predicted molar refractivity (Wildman–Crippen MR) is 231 cm³/mol. The Bertz CT molecular complexity index is 1840. The van der Waals surface area contributed by atoms with Gasteiger partial charge in [0.15, 0.2) is 28.4 Å². The summed E-state index contributed by atoms with van der Waals surface area (Å²) in [5.74, 6) is -1.67. The van der Waals surface area contributed by atoms with Gasteiger partial charge in [0.05, 0.1) is 32.0 Å². The highest BCUT2D eigenvalue weighted by molar-refractivity contribution is 6.31. The topological polar surface area (TPSA) is 375 Å². The van der Waals surface area contributed by atoms with E-state index in [4.69, 9.17) is 43.4 Å². The molecule has 0 radical (unpaired) electrons. The van der Waals surface area contributed by atoms with Crippen molar-refractivity contribution in [2.24, 2.45) is 0 Å². The molecule has 1 aromatic heterocycles. The van der Waals surface area contributed by atoms with Crippen molar-refractivity contribution in [1.29, 1.82) is 5.41 Å². The number of carbonyl (C=O) groups is 2. The number of benzene rings is 2. The molecule has 21 nitrogen and oxygen atoms in total. The largest absolute Gasteiger partial charge is 0.466 e. The summed E-state index contributed by atoms with van der Waals surface area (Å²) < 4.78 is 5.37. The van der Waals surface area contributed by atoms with E-state index in [0.29, 0.717) is 25.8 Å². The van der Waals surface area contributed by atoms with E-state index in [2.05, 4.69) is 20.6 Å². The van der Waals surface area contributed by atoms with Gasteiger partial charge in [-0.15, -0.1) is 0 Å². The van der Waals surface area contributed by atoms with Crippen LogP contribution in [0.2, 0.25) is 5.15 Å². The number of rotatable bonds is 27. The van der Waals surface area contributed by atoms with Gasteiger partial charge in [-0.3, -0.25) is 25.2 Å². The van der Waals surface area contributed by atoms with Gasteiger partial charge < -0.3 is 72.6 Å². The molecule has 0 aliphatic heterocycles. The number of nitrogen functional groups attached to an aromatic ring is 2. The maximum atomic E-state index is 12.5. The van der Waals surface area contributed by atoms with Gasteiger partial charge in [-0.05, 0) is 67.3 Å². The molecule has 0 spiro atoms. The first-order valence-electron chi connectivity index (χ1n) is 20.4. The molecule has 0 saturated carbocycles. The number of aliphatic hydroxyl groups excluding tert-OH is 10. The molecular weight excluding hydrogens is 848 g/mol. The van der Waals surface area contributed by atoms with Crippen LogP contribution in [0.4, 0.5) is 11.6 Å². The second-order valence-corrected chi connectivity index (χ2v) is 15.4. The Morgan fingerprint density at radius 1 is 0.698 bits per heavy atom. The van der Waals surface area contributed by atoms with Crippen LogP contribution in [-0.2, 0) is 22.4 Å². The number of anilines is 2. The van der Waals surface area contributed by atoms with Crippen molar-refractivity contribution in [3.05, 3.63) is 70.5 Å². The minimum atomic E-state index is -1.89. The third-order valence-electron chi connectivity index (χ3n) is 10.1. The molecule has 63 heavy (non-hydrogen) atoms. The zero-order valence-electron chi connectivity index (χ0n) is 34.7. The number of guanidine groups is 1. The van der Waals surface area contributed by atoms with E-state index >= 15 is 0 Å². The number of ether oxygens (including phenoxy) is 1. The molecule has 350 valence electrons. The number of halogens is 1. The fourth-order valence-electron chi connectivity index (χ4n) is 6.29. The second kappa shape index (κ2) is 26.9. The molecule has 8 atom stereocenters. The van der Waals surface area contributed by atoms with E-state index in [1.807, 2.05) is 48.5 Å². The fourth-order valence-corrected chi connectivity index (χ4v) is 6.42. The third-order valence-corrected chi connectivity index (χ3v) is 10.4. The summed E-state index contributed by atoms with van der Waals surface area (Å²) >= 11 is 5.82. The molecule has 0 aliphatic rings. The molecule has 0 bridgehead atoms. The van der Waals surface area contributed by atoms with E-state index in [0.717, 1.165) is 41.5 Å². The Hall–Kier alpha value is -4.62. The first-order chi connectivity index (χ1) is 29.9. The number of esters is 1. The maximum absolute atomic E-state index is 12.5. The molecule has 3 rings (SSSR count). The van der Waals surface area contributed by atoms with Crippen LogP contribution in [0, 0.1) is 5.41 Å². The van der Waals surface area contributed by atoms with Crippen LogP contribution >= 0.6 is 11.6 Å². The first kappa shape index (κ1) is 52.7. The molecule has 8 unspecified atom stereocenters. The molecule has 2 aromatic carbocycles. The van der Waals surface area contributed by atoms with Crippen LogP contribution in [0.5, 0.6) is 0 Å². The minimum Gasteiger partial charge on any atom is -0.466 e. The fraction of sp³-hybridized carbons (Fsp3) is 0.537. The van der Waals surface area contributed by atoms with Crippen LogP contribution in [-0.4, -0.2) is 179 Å². The molecule has 3 aromatic rings. The summed E-state index contributed by atoms with van der Waals surface area (Å²) in [6, 6.07) is 16.0. The normalized spacial score (nSPS) is 15.4. The number of unbranched alkanes of at least 4 members (excludes halogenated alkanes) is 2. The lowest BCUT2D eigenvalue weighted by atomic mass is 10.00. The third kappa shape index (κ3) is 17.5. The Labute approximate surface area is 369 Å². The van der Waals surface area contributed by atoms with E-state index in [1.54, 1.807) is 0 Å². The monoisotopic (exact) mass is 908 g/mol. The van der Waals surface area contributed by atoms with Crippen molar-refractivity contribution in [2.45, 2.75) is 93.8 Å². The predicted octanol–water partition coefficient (Wildman–Crippen LogP) is -2.33. The molecule has 0 fully saturated rings. The van der Waals surface area contributed by atoms with Gasteiger partial charge in [0.25, 0.3) is 5.91 Å². The number of hydrogen-bond donors (Lipinski definition) is 15. The highest BCUT2D eigenvalue weighted by Crippen LogP contribution is 2.22. The van der Waals surface area contributed by atoms with Gasteiger partial charge in [0.2, 0.25) is 0 Å². The van der Waals surface area contributed by atoms with Gasteiger partial charge >= 0.3 is 5.97 Å². The highest BCUT2D eigenvalue weighted by atomic mass is 35.5. The Morgan fingerprint density at radius 3 is 1.73 bits per heavy atom. The standard InChI is InChI=1S/C41H61ClN8O13/c42-37-39(44)48-38(43)32(47-37)40(62)49-41(45)46-16-2-1-5-23-6-11-25(12-7-23)26-13-8-24(9-14-26)10-15-31(57)63-18-4-3-17-50(19-27(53)33(58)35(60)29(55)21-51)20-28(54)34(59)36(61)30(56)22-52/h6-9,11-14,27-30,33-36,51-56,58-61H,1-5,10,15-22H2,(H4,43,44,48)(H3,45,46,49,62). The van der Waals surface area contributed by atoms with E-state index < -0.39 is 73.9 Å². The second-order valence-electron chi connectivity index (χ2n) is 15.0. The SMILES string of the molecule is N=C(NCCCCc1ccc(-c2ccc(CCC(=O)OCCCCN(CC(O)C(O)C(O)C(O)CO)CC(O)C(O)C(O)C(O)CO)cc2)cc1)NC(=O)c1nc(Cl)c(N)nc1N. The lowest BCUT2D eigenvalue weighted by Gasteiger charge is -2.33. The summed E-state index contributed by atoms with van der Waals surface area (Å²) in [5, 5.41) is 112. The van der Waals surface area contributed by atoms with E-state index in [9.17, 15) is 50.4 Å². The van der Waals surface area contributed by atoms with Crippen LogP contribution in [0.1, 0.15) is 53.7 Å². The number of nitrogens with two attached hydrogens (primary N) is 2. The number of nitrogens with zero attached hydrogens (tertiary/aromatic N) is 3. The lowest BCUT2D eigenvalue weighted by molar-refractivity contribution is -0.143. The number of aromatic nitrogens is 2. The van der Waals surface area contributed by atoms with Crippen molar-refractivity contribution in [3.8, 4) is 11.1 Å². The van der Waals surface area contributed by atoms with Gasteiger partial charge in [-0.1, -0.05) is 60.1 Å². The Balaban J connectivity index is 1.37. The zero-order valence-corrected chi connectivity index (χ0v) is 35.5. The van der Waals surface area contributed by atoms with Crippen LogP contribution in [0.25, 0.3) is 11.1 Å². The van der Waals surface area contributed by atoms with Crippen molar-refractivity contribution in [2.75, 3.05) is 57.5 Å². The number of hydrogen-bond acceptors (Lipinski definition) is 19. The Morgan fingerprint density at radius 2 is 1.21 bits per heavy atom. The maximum Gasteiger partial charge on any atom is 0.306 e. The smallest absolute Gasteiger partial charge is 0.306 e. The summed E-state index contributed by atoms with van der Waals surface area (Å²) in [6.07, 6.45) is -10.7. The number of nitrogens with one attached hydrogen (secondary N) is 3. The molecule has 0 saturated heterocycles. The molecule has 1 heterocycles. The summed E-state index contributed by atoms with van der Waals surface area (Å²) in [4.78, 5) is 33.8. The zero-order chi connectivity index (χ0) is 46.6. The van der Waals surface area contributed by atoms with Gasteiger partial charge in [0.1, 0.15) is 36.6 Å². The quantitative estimate of drug-likeness (QED) is 0.0165. The summed E-state index contributed by atoms with van der Waals surface area (Å²) in [7, 11) is 0. The Kier molecular flexibility index (Phi) is 22.5. The molecule has 1 amide bonds. The number of aryl methyl sites for hydroxylation is 2. The van der Waals surface area contributed by atoms with Crippen LogP contribution in [0.3, 0.4) is 0 Å². The number of amides is 1. The van der Waals surface area contributed by atoms with Crippen molar-refractivity contribution >= 4 is 41.1 Å². The van der Waals surface area contributed by atoms with Crippen molar-refractivity contribution in [1.82, 2.24) is 25.5 Å². The van der Waals surface area contributed by atoms with Crippen molar-refractivity contribution in [3.63, 3.8) is 0 Å². The lowest BCUT2D eigenvalue weighted by Crippen LogP contribution is -2.53. The summed E-state index contributed by atoms with van der Waals surface area (Å²) in [6.45, 7) is -1.91. The highest BCUT2D eigenvalue weighted by Gasteiger charge is 2.34. The average molecular weight is 909 g/mol. The van der Waals surface area contributed by atoms with Gasteiger partial charge in [-0.25, -0.2) is 9.97 Å². The summed E-state index contributed by atoms with van der Waals surface area (Å²) in [5.41, 5.74) is 15.1.